The van der Waals surface area contributed by atoms with Crippen molar-refractivity contribution < 1.29 is 4.42 Å². The molecule has 1 aliphatic heterocycles. The predicted octanol–water partition coefficient (Wildman–Crippen LogP) is 12.6. The van der Waals surface area contributed by atoms with E-state index in [1.165, 1.54) is 33.5 Å². The minimum Gasteiger partial charge on any atom is -0.456 e. The fourth-order valence-electron chi connectivity index (χ4n) is 8.57. The van der Waals surface area contributed by atoms with E-state index in [1.54, 1.807) is 0 Å². The molecule has 3 heterocycles. The predicted molar refractivity (Wildman–Crippen MR) is 226 cm³/mol. The lowest BCUT2D eigenvalue weighted by atomic mass is 9.81. The van der Waals surface area contributed by atoms with E-state index in [1.807, 2.05) is 66.7 Å². The van der Waals surface area contributed by atoms with Crippen LogP contribution in [0.3, 0.4) is 0 Å². The highest BCUT2D eigenvalue weighted by atomic mass is 16.3. The van der Waals surface area contributed by atoms with Gasteiger partial charge in [0.25, 0.3) is 0 Å². The topological polar surface area (TPSA) is 55.1 Å². The molecular weight excluding hydrogens is 685 g/mol. The molecule has 0 N–H and O–H groups in total. The van der Waals surface area contributed by atoms with Gasteiger partial charge in [-0.3, -0.25) is 0 Å². The molecule has 5 nitrogen and oxygen atoms in total. The van der Waals surface area contributed by atoms with Gasteiger partial charge in [0, 0.05) is 44.9 Å². The number of rotatable bonds is 6. The molecule has 0 radical (unpaired) electrons. The van der Waals surface area contributed by atoms with Gasteiger partial charge in [-0.05, 0) is 64.2 Å². The molecule has 11 rings (SSSR count). The molecule has 5 heteroatoms. The Hall–Kier alpha value is -7.37. The van der Waals surface area contributed by atoms with Crippen LogP contribution in [0, 0.1) is 0 Å². The molecule has 2 unspecified atom stereocenters. The van der Waals surface area contributed by atoms with Gasteiger partial charge in [0.15, 0.2) is 17.5 Å². The summed E-state index contributed by atoms with van der Waals surface area (Å²) in [5.74, 6) is 2.74. The number of aromatic nitrogens is 3. The summed E-state index contributed by atoms with van der Waals surface area (Å²) in [5.41, 5.74) is 13.1. The Balaban J connectivity index is 1.11. The first-order chi connectivity index (χ1) is 27.8. The van der Waals surface area contributed by atoms with E-state index in [9.17, 15) is 0 Å². The molecule has 1 aliphatic carbocycles. The highest BCUT2D eigenvalue weighted by Gasteiger charge is 2.44. The van der Waals surface area contributed by atoms with Crippen LogP contribution in [-0.2, 0) is 0 Å². The number of nitrogens with zero attached hydrogens (tertiary/aromatic N) is 4. The monoisotopic (exact) mass is 718 g/mol. The normalized spacial score (nSPS) is 15.4. The number of fused-ring (bicyclic) bond motifs is 7. The zero-order valence-corrected chi connectivity index (χ0v) is 30.3. The van der Waals surface area contributed by atoms with E-state index in [4.69, 9.17) is 19.4 Å². The first-order valence-electron chi connectivity index (χ1n) is 19.0. The molecule has 0 saturated carbocycles. The van der Waals surface area contributed by atoms with Crippen LogP contribution in [0.4, 0.5) is 11.4 Å². The molecule has 7 aromatic carbocycles. The Bertz CT molecular complexity index is 2810. The Labute approximate surface area is 324 Å². The van der Waals surface area contributed by atoms with Gasteiger partial charge in [0.1, 0.15) is 11.3 Å². The van der Waals surface area contributed by atoms with Crippen LogP contribution in [0.5, 0.6) is 0 Å². The third-order valence-corrected chi connectivity index (χ3v) is 11.1. The minimum atomic E-state index is -0.00168. The summed E-state index contributed by atoms with van der Waals surface area (Å²) in [6.45, 7) is 0. The van der Waals surface area contributed by atoms with Gasteiger partial charge in [0.2, 0.25) is 0 Å². The summed E-state index contributed by atoms with van der Waals surface area (Å²) in [6.07, 6.45) is 4.48. The average molecular weight is 719 g/mol. The Morgan fingerprint density at radius 1 is 0.464 bits per heavy atom. The number of hydrogen-bond donors (Lipinski definition) is 0. The highest BCUT2D eigenvalue weighted by Crippen LogP contribution is 2.55. The fourth-order valence-corrected chi connectivity index (χ4v) is 8.57. The van der Waals surface area contributed by atoms with E-state index >= 15 is 0 Å². The molecule has 2 atom stereocenters. The van der Waals surface area contributed by atoms with Crippen molar-refractivity contribution >= 4 is 28.4 Å². The van der Waals surface area contributed by atoms with Crippen molar-refractivity contribution in [3.05, 3.63) is 205 Å². The Kier molecular flexibility index (Phi) is 7.56. The van der Waals surface area contributed by atoms with Crippen molar-refractivity contribution in [2.45, 2.75) is 12.0 Å². The van der Waals surface area contributed by atoms with E-state index in [-0.39, 0.29) is 12.0 Å². The second-order valence-corrected chi connectivity index (χ2v) is 14.4. The van der Waals surface area contributed by atoms with Crippen molar-refractivity contribution in [1.29, 1.82) is 0 Å². The van der Waals surface area contributed by atoms with Crippen molar-refractivity contribution in [2.24, 2.45) is 0 Å². The maximum Gasteiger partial charge on any atom is 0.164 e. The zero-order chi connectivity index (χ0) is 37.0. The van der Waals surface area contributed by atoms with Crippen LogP contribution in [0.2, 0.25) is 0 Å². The van der Waals surface area contributed by atoms with E-state index < -0.39 is 0 Å². The fraction of sp³-hybridized carbons (Fsp3) is 0.0392. The molecule has 0 fully saturated rings. The quantitative estimate of drug-likeness (QED) is 0.171. The van der Waals surface area contributed by atoms with E-state index in [2.05, 4.69) is 132 Å². The summed E-state index contributed by atoms with van der Waals surface area (Å²) < 4.78 is 6.72. The molecule has 9 aromatic rings. The Morgan fingerprint density at radius 3 is 1.61 bits per heavy atom. The SMILES string of the molecule is C1=CC2C(c3ccccc3N2c2cc(-c3ccccc3)cc(-c3ccccc3)c2)c2c1oc1cccc(-c3nc(-c4ccccc4)nc(-c4ccccc4)n3)c21. The summed E-state index contributed by atoms with van der Waals surface area (Å²) in [4.78, 5) is 17.8. The second kappa shape index (κ2) is 13.2. The van der Waals surface area contributed by atoms with Crippen LogP contribution in [-0.4, -0.2) is 21.0 Å². The van der Waals surface area contributed by atoms with Crippen LogP contribution >= 0.6 is 0 Å². The van der Waals surface area contributed by atoms with Gasteiger partial charge in [-0.25, -0.2) is 15.0 Å². The van der Waals surface area contributed by atoms with Gasteiger partial charge < -0.3 is 9.32 Å². The molecule has 2 aliphatic rings. The van der Waals surface area contributed by atoms with Crippen LogP contribution in [0.15, 0.2) is 192 Å². The molecule has 0 spiro atoms. The standard InChI is InChI=1S/C51H34N4O/c1-5-16-33(17-6-1)37-30-38(34-18-7-2-8-19-34)32-39(31-37)55-42-26-14-13-24-40(42)46-43(55)28-29-45-48(46)47-41(25-15-27-44(47)56-45)51-53-49(35-20-9-3-10-21-35)52-50(54-51)36-22-11-4-12-23-36/h1-32,43,46H. The van der Waals surface area contributed by atoms with Gasteiger partial charge in [-0.15, -0.1) is 0 Å². The third-order valence-electron chi connectivity index (χ3n) is 11.1. The summed E-state index contributed by atoms with van der Waals surface area (Å²) in [6, 6.07) is 63.6. The maximum atomic E-state index is 6.72. The van der Waals surface area contributed by atoms with Gasteiger partial charge in [-0.2, -0.15) is 0 Å². The second-order valence-electron chi connectivity index (χ2n) is 14.4. The van der Waals surface area contributed by atoms with Crippen LogP contribution in [0.1, 0.15) is 22.8 Å². The van der Waals surface area contributed by atoms with Crippen LogP contribution in [0.25, 0.3) is 73.5 Å². The molecule has 56 heavy (non-hydrogen) atoms. The van der Waals surface area contributed by atoms with Gasteiger partial charge in [0.05, 0.1) is 6.04 Å². The zero-order valence-electron chi connectivity index (χ0n) is 30.3. The highest BCUT2D eigenvalue weighted by molar-refractivity contribution is 6.00. The minimum absolute atomic E-state index is 0.00141. The van der Waals surface area contributed by atoms with E-state index in [0.29, 0.717) is 17.5 Å². The summed E-state index contributed by atoms with van der Waals surface area (Å²) >= 11 is 0. The number of benzene rings is 7. The molecule has 0 bridgehead atoms. The average Bonchev–Trinajstić information content (AvgIpc) is 3.83. The maximum absolute atomic E-state index is 6.72. The third kappa shape index (κ3) is 5.36. The summed E-state index contributed by atoms with van der Waals surface area (Å²) in [5, 5.41) is 1.03. The number of furan rings is 1. The van der Waals surface area contributed by atoms with Gasteiger partial charge in [-0.1, -0.05) is 158 Å². The first kappa shape index (κ1) is 32.1. The number of hydrogen-bond acceptors (Lipinski definition) is 5. The smallest absolute Gasteiger partial charge is 0.164 e. The molecule has 0 amide bonds. The molecule has 0 saturated heterocycles. The van der Waals surface area contributed by atoms with E-state index in [0.717, 1.165) is 44.7 Å². The lowest BCUT2D eigenvalue weighted by Crippen LogP contribution is -2.30. The lowest BCUT2D eigenvalue weighted by Gasteiger charge is -2.31. The van der Waals surface area contributed by atoms with Crippen LogP contribution < -0.4 is 4.90 Å². The largest absolute Gasteiger partial charge is 0.456 e. The van der Waals surface area contributed by atoms with Crippen molar-refractivity contribution in [3.8, 4) is 56.4 Å². The molecule has 2 aromatic heterocycles. The number of para-hydroxylation sites is 1. The Morgan fingerprint density at radius 2 is 1.00 bits per heavy atom. The molecular formula is C51H34N4O. The number of anilines is 2. The van der Waals surface area contributed by atoms with Crippen molar-refractivity contribution in [3.63, 3.8) is 0 Å². The van der Waals surface area contributed by atoms with Crippen molar-refractivity contribution in [1.82, 2.24) is 15.0 Å². The lowest BCUT2D eigenvalue weighted by molar-refractivity contribution is 0.584. The first-order valence-corrected chi connectivity index (χ1v) is 19.0. The molecule has 264 valence electrons. The van der Waals surface area contributed by atoms with Gasteiger partial charge >= 0.3 is 0 Å². The van der Waals surface area contributed by atoms with Crippen molar-refractivity contribution in [2.75, 3.05) is 4.90 Å². The summed E-state index contributed by atoms with van der Waals surface area (Å²) in [7, 11) is 0.